The number of rotatable bonds is 7. The van der Waals surface area contributed by atoms with E-state index in [2.05, 4.69) is 46.0 Å². The number of nitriles is 1. The topological polar surface area (TPSA) is 102 Å². The van der Waals surface area contributed by atoms with Gasteiger partial charge in [0.15, 0.2) is 6.29 Å². The lowest BCUT2D eigenvalue weighted by Crippen LogP contribution is -2.39. The van der Waals surface area contributed by atoms with E-state index < -0.39 is 12.4 Å². The Bertz CT molecular complexity index is 1220. The van der Waals surface area contributed by atoms with Crippen molar-refractivity contribution >= 4 is 34.0 Å². The van der Waals surface area contributed by atoms with Gasteiger partial charge in [0.2, 0.25) is 0 Å². The van der Waals surface area contributed by atoms with Crippen LogP contribution in [-0.4, -0.2) is 49.4 Å². The third-order valence-corrected chi connectivity index (χ3v) is 6.80. The number of fused-ring (bicyclic) bond motifs is 1. The van der Waals surface area contributed by atoms with Crippen molar-refractivity contribution in [2.75, 3.05) is 25.5 Å². The molecule has 7 nitrogen and oxygen atoms in total. The third-order valence-electron chi connectivity index (χ3n) is 5.89. The van der Waals surface area contributed by atoms with Crippen LogP contribution in [0.15, 0.2) is 57.9 Å². The van der Waals surface area contributed by atoms with Gasteiger partial charge in [-0.2, -0.15) is 5.26 Å². The molecule has 2 aromatic carbocycles. The Labute approximate surface area is 203 Å². The molecule has 8 heteroatoms. The SMILES string of the molecule is C/C(=C(/C#N)SNCC1CC(O)CC(O)O1)c1ccc(-c2ccc3cc(N(C)C)ccc3c2)o1. The number of nitrogens with zero attached hydrogens (tertiary/aromatic N) is 2. The van der Waals surface area contributed by atoms with Crippen molar-refractivity contribution in [3.05, 3.63) is 59.2 Å². The predicted molar refractivity (Wildman–Crippen MR) is 136 cm³/mol. The van der Waals surface area contributed by atoms with Gasteiger partial charge < -0.3 is 24.3 Å². The lowest BCUT2D eigenvalue weighted by atomic mass is 10.0. The highest BCUT2D eigenvalue weighted by Crippen LogP contribution is 2.32. The second-order valence-electron chi connectivity index (χ2n) is 8.66. The molecule has 1 fully saturated rings. The Hall–Kier alpha value is -2.80. The molecule has 0 saturated carbocycles. The average Bonchev–Trinajstić information content (AvgIpc) is 3.30. The molecule has 1 aromatic heterocycles. The molecule has 2 heterocycles. The molecule has 4 rings (SSSR count). The zero-order valence-electron chi connectivity index (χ0n) is 19.5. The number of aliphatic hydroxyl groups is 2. The van der Waals surface area contributed by atoms with E-state index in [9.17, 15) is 15.5 Å². The van der Waals surface area contributed by atoms with Gasteiger partial charge in [-0.05, 0) is 60.0 Å². The van der Waals surface area contributed by atoms with Gasteiger partial charge in [-0.25, -0.2) is 0 Å². The van der Waals surface area contributed by atoms with Crippen molar-refractivity contribution < 1.29 is 19.4 Å². The first-order valence-corrected chi connectivity index (χ1v) is 12.0. The van der Waals surface area contributed by atoms with Crippen molar-refractivity contribution in [1.29, 1.82) is 5.26 Å². The second kappa shape index (κ2) is 10.6. The highest BCUT2D eigenvalue weighted by molar-refractivity contribution is 8.01. The first-order chi connectivity index (χ1) is 16.3. The van der Waals surface area contributed by atoms with E-state index in [-0.39, 0.29) is 12.5 Å². The fourth-order valence-corrected chi connectivity index (χ4v) is 4.67. The zero-order valence-corrected chi connectivity index (χ0v) is 20.3. The monoisotopic (exact) mass is 479 g/mol. The van der Waals surface area contributed by atoms with Crippen LogP contribution < -0.4 is 9.62 Å². The van der Waals surface area contributed by atoms with E-state index in [0.717, 1.165) is 33.4 Å². The minimum absolute atomic E-state index is 0.223. The smallest absolute Gasteiger partial charge is 0.157 e. The van der Waals surface area contributed by atoms with Gasteiger partial charge in [0, 0.05) is 50.3 Å². The average molecular weight is 480 g/mol. The quantitative estimate of drug-likeness (QED) is 0.336. The molecule has 178 valence electrons. The molecule has 0 spiro atoms. The Morgan fingerprint density at radius 1 is 1.12 bits per heavy atom. The maximum atomic E-state index is 9.78. The van der Waals surface area contributed by atoms with E-state index >= 15 is 0 Å². The van der Waals surface area contributed by atoms with Crippen LogP contribution in [0.25, 0.3) is 27.7 Å². The Kier molecular flexibility index (Phi) is 7.61. The van der Waals surface area contributed by atoms with Gasteiger partial charge in [0.05, 0.1) is 12.2 Å². The summed E-state index contributed by atoms with van der Waals surface area (Å²) < 4.78 is 14.6. The highest BCUT2D eigenvalue weighted by atomic mass is 32.2. The van der Waals surface area contributed by atoms with Crippen molar-refractivity contribution in [2.24, 2.45) is 0 Å². The fourth-order valence-electron chi connectivity index (χ4n) is 3.96. The van der Waals surface area contributed by atoms with Crippen LogP contribution in [-0.2, 0) is 4.74 Å². The molecule has 0 bridgehead atoms. The van der Waals surface area contributed by atoms with Crippen LogP contribution in [0, 0.1) is 11.3 Å². The lowest BCUT2D eigenvalue weighted by Gasteiger charge is -2.30. The largest absolute Gasteiger partial charge is 0.456 e. The van der Waals surface area contributed by atoms with Crippen molar-refractivity contribution in [1.82, 2.24) is 4.72 Å². The maximum Gasteiger partial charge on any atom is 0.157 e. The molecule has 3 atom stereocenters. The third kappa shape index (κ3) is 5.63. The standard InChI is InChI=1S/C26H29N3O4S/c1-16(25(14-27)34-28-15-22-12-21(30)13-26(31)32-22)23-8-9-24(33-23)19-5-4-18-11-20(29(2)3)7-6-17(18)10-19/h4-11,21-22,26,28,30-31H,12-13,15H2,1-3H3/b25-16+. The van der Waals surface area contributed by atoms with Crippen LogP contribution in [0.4, 0.5) is 5.69 Å². The number of furan rings is 1. The summed E-state index contributed by atoms with van der Waals surface area (Å²) in [5, 5.41) is 31.4. The normalized spacial score (nSPS) is 21.2. The van der Waals surface area contributed by atoms with Crippen molar-refractivity contribution in [3.8, 4) is 17.4 Å². The van der Waals surface area contributed by atoms with Crippen LogP contribution in [0.2, 0.25) is 0 Å². The molecule has 0 amide bonds. The lowest BCUT2D eigenvalue weighted by molar-refractivity contribution is -0.186. The van der Waals surface area contributed by atoms with Crippen LogP contribution >= 0.6 is 11.9 Å². The summed E-state index contributed by atoms with van der Waals surface area (Å²) in [6, 6.07) is 18.6. The van der Waals surface area contributed by atoms with Gasteiger partial charge in [-0.1, -0.05) is 18.2 Å². The summed E-state index contributed by atoms with van der Waals surface area (Å²) in [4.78, 5) is 2.56. The molecule has 1 aliphatic heterocycles. The Balaban J connectivity index is 1.46. The molecule has 3 aromatic rings. The number of benzene rings is 2. The number of hydrogen-bond acceptors (Lipinski definition) is 8. The zero-order chi connectivity index (χ0) is 24.2. The number of ether oxygens (including phenoxy) is 1. The van der Waals surface area contributed by atoms with Crippen LogP contribution in [0.5, 0.6) is 0 Å². The minimum atomic E-state index is -0.958. The van der Waals surface area contributed by atoms with E-state index in [1.54, 1.807) is 0 Å². The van der Waals surface area contributed by atoms with Gasteiger partial charge in [-0.15, -0.1) is 0 Å². The first-order valence-electron chi connectivity index (χ1n) is 11.2. The Morgan fingerprint density at radius 2 is 1.88 bits per heavy atom. The molecular weight excluding hydrogens is 450 g/mol. The highest BCUT2D eigenvalue weighted by Gasteiger charge is 2.26. The van der Waals surface area contributed by atoms with E-state index in [1.807, 2.05) is 39.2 Å². The number of anilines is 1. The molecule has 1 saturated heterocycles. The Morgan fingerprint density at radius 3 is 2.62 bits per heavy atom. The van der Waals surface area contributed by atoms with Gasteiger partial charge in [0.1, 0.15) is 22.5 Å². The molecular formula is C26H29N3O4S. The van der Waals surface area contributed by atoms with Gasteiger partial charge in [-0.3, -0.25) is 4.72 Å². The summed E-state index contributed by atoms with van der Waals surface area (Å²) in [5.74, 6) is 1.37. The van der Waals surface area contributed by atoms with E-state index in [0.29, 0.717) is 23.6 Å². The molecule has 3 N–H and O–H groups in total. The van der Waals surface area contributed by atoms with E-state index in [4.69, 9.17) is 9.15 Å². The fraction of sp³-hybridized carbons (Fsp3) is 0.346. The van der Waals surface area contributed by atoms with Crippen molar-refractivity contribution in [2.45, 2.75) is 38.3 Å². The van der Waals surface area contributed by atoms with E-state index in [1.165, 1.54) is 11.9 Å². The minimum Gasteiger partial charge on any atom is -0.456 e. The number of hydrogen-bond donors (Lipinski definition) is 3. The number of allylic oxidation sites excluding steroid dienone is 2. The van der Waals surface area contributed by atoms with Crippen molar-refractivity contribution in [3.63, 3.8) is 0 Å². The summed E-state index contributed by atoms with van der Waals surface area (Å²) >= 11 is 1.19. The molecule has 34 heavy (non-hydrogen) atoms. The van der Waals surface area contributed by atoms with Gasteiger partial charge >= 0.3 is 0 Å². The summed E-state index contributed by atoms with van der Waals surface area (Å²) in [6.07, 6.45) is -1.19. The van der Waals surface area contributed by atoms with Gasteiger partial charge in [0.25, 0.3) is 0 Å². The number of aliphatic hydroxyl groups excluding tert-OH is 2. The van der Waals surface area contributed by atoms with Crippen LogP contribution in [0.1, 0.15) is 25.5 Å². The van der Waals surface area contributed by atoms with Crippen LogP contribution in [0.3, 0.4) is 0 Å². The second-order valence-corrected chi connectivity index (χ2v) is 9.56. The predicted octanol–water partition coefficient (Wildman–Crippen LogP) is 4.52. The molecule has 3 unspecified atom stereocenters. The molecule has 0 radical (unpaired) electrons. The summed E-state index contributed by atoms with van der Waals surface area (Å²) in [5.41, 5.74) is 2.85. The molecule has 0 aliphatic carbocycles. The number of nitrogens with one attached hydrogen (secondary N) is 1. The summed E-state index contributed by atoms with van der Waals surface area (Å²) in [6.45, 7) is 2.25. The maximum absolute atomic E-state index is 9.78. The summed E-state index contributed by atoms with van der Waals surface area (Å²) in [7, 11) is 4.05. The first kappa shape index (κ1) is 24.3. The molecule has 1 aliphatic rings.